The van der Waals surface area contributed by atoms with Crippen LogP contribution in [-0.2, 0) is 0 Å². The predicted octanol–water partition coefficient (Wildman–Crippen LogP) is 1.07. The lowest BCUT2D eigenvalue weighted by Crippen LogP contribution is -2.42. The van der Waals surface area contributed by atoms with Gasteiger partial charge in [0.1, 0.15) is 0 Å². The minimum absolute atomic E-state index is 0.805. The lowest BCUT2D eigenvalue weighted by atomic mass is 10.0. The summed E-state index contributed by atoms with van der Waals surface area (Å²) in [5.74, 6) is 0. The highest BCUT2D eigenvalue weighted by atomic mass is 15.2. The standard InChI is InChI=1S/C12H26N3/c1-3-10-15(11-4-7-13-2)12-5-8-14-9-6-12/h12-13H,3-11H2,1-2H3. The molecule has 1 fully saturated rings. The summed E-state index contributed by atoms with van der Waals surface area (Å²) in [6.07, 6.45) is 5.09. The normalized spacial score (nSPS) is 18.6. The lowest BCUT2D eigenvalue weighted by Gasteiger charge is -2.34. The number of piperidine rings is 1. The van der Waals surface area contributed by atoms with Crippen LogP contribution in [0.2, 0.25) is 0 Å². The van der Waals surface area contributed by atoms with Crippen LogP contribution >= 0.6 is 0 Å². The predicted molar refractivity (Wildman–Crippen MR) is 65.3 cm³/mol. The molecule has 0 aromatic heterocycles. The van der Waals surface area contributed by atoms with Gasteiger partial charge in [0.15, 0.2) is 0 Å². The Bertz CT molecular complexity index is 144. The average molecular weight is 212 g/mol. The van der Waals surface area contributed by atoms with E-state index in [9.17, 15) is 0 Å². The summed E-state index contributed by atoms with van der Waals surface area (Å²) < 4.78 is 0. The monoisotopic (exact) mass is 212 g/mol. The molecule has 0 bridgehead atoms. The van der Waals surface area contributed by atoms with Crippen molar-refractivity contribution in [2.45, 2.75) is 38.6 Å². The lowest BCUT2D eigenvalue weighted by molar-refractivity contribution is 0.159. The van der Waals surface area contributed by atoms with Crippen molar-refractivity contribution in [3.8, 4) is 0 Å². The quantitative estimate of drug-likeness (QED) is 0.640. The van der Waals surface area contributed by atoms with E-state index >= 15 is 0 Å². The highest BCUT2D eigenvalue weighted by Crippen LogP contribution is 2.13. The summed E-state index contributed by atoms with van der Waals surface area (Å²) in [6.45, 7) is 8.08. The van der Waals surface area contributed by atoms with Gasteiger partial charge in [-0.25, -0.2) is 5.32 Å². The van der Waals surface area contributed by atoms with E-state index < -0.39 is 0 Å². The minimum Gasteiger partial charge on any atom is -0.320 e. The van der Waals surface area contributed by atoms with Gasteiger partial charge in [-0.05, 0) is 52.4 Å². The van der Waals surface area contributed by atoms with Gasteiger partial charge in [-0.1, -0.05) is 6.92 Å². The van der Waals surface area contributed by atoms with Crippen LogP contribution in [0, 0.1) is 0 Å². The van der Waals surface area contributed by atoms with Gasteiger partial charge in [-0.15, -0.1) is 0 Å². The van der Waals surface area contributed by atoms with Gasteiger partial charge in [-0.3, -0.25) is 0 Å². The first kappa shape index (κ1) is 12.9. The van der Waals surface area contributed by atoms with Crippen molar-refractivity contribution in [2.75, 3.05) is 39.8 Å². The van der Waals surface area contributed by atoms with Gasteiger partial charge < -0.3 is 10.2 Å². The maximum atomic E-state index is 4.43. The molecule has 3 heteroatoms. The van der Waals surface area contributed by atoms with Crippen molar-refractivity contribution in [3.63, 3.8) is 0 Å². The first-order valence-electron chi connectivity index (χ1n) is 6.40. The molecular formula is C12H26N3. The molecule has 1 saturated heterocycles. The number of nitrogens with one attached hydrogen (secondary N) is 1. The van der Waals surface area contributed by atoms with Crippen molar-refractivity contribution in [2.24, 2.45) is 0 Å². The molecule has 0 atom stereocenters. The molecule has 1 N–H and O–H groups in total. The molecule has 15 heavy (non-hydrogen) atoms. The van der Waals surface area contributed by atoms with Crippen molar-refractivity contribution in [1.82, 2.24) is 15.5 Å². The Labute approximate surface area is 94.6 Å². The highest BCUT2D eigenvalue weighted by Gasteiger charge is 2.19. The van der Waals surface area contributed by atoms with E-state index in [1.165, 1.54) is 38.8 Å². The number of rotatable bonds is 7. The zero-order valence-electron chi connectivity index (χ0n) is 10.3. The summed E-state index contributed by atoms with van der Waals surface area (Å²) in [6, 6.07) is 0.805. The molecule has 0 aliphatic carbocycles. The Balaban J connectivity index is 2.26. The maximum Gasteiger partial charge on any atom is 0.0148 e. The van der Waals surface area contributed by atoms with E-state index in [-0.39, 0.29) is 0 Å². The second-order valence-corrected chi connectivity index (χ2v) is 4.40. The van der Waals surface area contributed by atoms with Gasteiger partial charge >= 0.3 is 0 Å². The van der Waals surface area contributed by atoms with Crippen LogP contribution in [0.5, 0.6) is 0 Å². The van der Waals surface area contributed by atoms with Crippen molar-refractivity contribution in [3.05, 3.63) is 0 Å². The Morgan fingerprint density at radius 3 is 2.60 bits per heavy atom. The Kier molecular flexibility index (Phi) is 6.98. The Morgan fingerprint density at radius 2 is 2.00 bits per heavy atom. The van der Waals surface area contributed by atoms with Crippen molar-refractivity contribution >= 4 is 0 Å². The van der Waals surface area contributed by atoms with Gasteiger partial charge in [0.25, 0.3) is 0 Å². The molecule has 0 amide bonds. The van der Waals surface area contributed by atoms with E-state index in [4.69, 9.17) is 0 Å². The summed E-state index contributed by atoms with van der Waals surface area (Å²) in [5.41, 5.74) is 0. The molecule has 0 saturated carbocycles. The highest BCUT2D eigenvalue weighted by molar-refractivity contribution is 4.77. The van der Waals surface area contributed by atoms with E-state index in [2.05, 4.69) is 22.5 Å². The summed E-state index contributed by atoms with van der Waals surface area (Å²) in [4.78, 5) is 2.67. The Hall–Kier alpha value is -0.120. The van der Waals surface area contributed by atoms with Crippen LogP contribution in [0.1, 0.15) is 32.6 Å². The Morgan fingerprint density at radius 1 is 1.27 bits per heavy atom. The van der Waals surface area contributed by atoms with Crippen LogP contribution in [0.4, 0.5) is 0 Å². The molecule has 1 aliphatic rings. The van der Waals surface area contributed by atoms with Gasteiger partial charge in [0.2, 0.25) is 0 Å². The second-order valence-electron chi connectivity index (χ2n) is 4.40. The fourth-order valence-corrected chi connectivity index (χ4v) is 2.32. The number of hydrogen-bond donors (Lipinski definition) is 1. The minimum atomic E-state index is 0.805. The van der Waals surface area contributed by atoms with Crippen molar-refractivity contribution < 1.29 is 0 Å². The first-order valence-corrected chi connectivity index (χ1v) is 6.40. The molecule has 3 nitrogen and oxygen atoms in total. The zero-order chi connectivity index (χ0) is 10.9. The van der Waals surface area contributed by atoms with Crippen LogP contribution in [0.25, 0.3) is 0 Å². The molecule has 89 valence electrons. The SMILES string of the molecule is CCCN(CCCNC)C1CC[N]CC1. The van der Waals surface area contributed by atoms with Crippen LogP contribution in [-0.4, -0.2) is 50.7 Å². The summed E-state index contributed by atoms with van der Waals surface area (Å²) >= 11 is 0. The van der Waals surface area contributed by atoms with Gasteiger partial charge in [0.05, 0.1) is 0 Å². The molecule has 0 spiro atoms. The van der Waals surface area contributed by atoms with Crippen molar-refractivity contribution in [1.29, 1.82) is 0 Å². The first-order chi connectivity index (χ1) is 7.38. The number of hydrogen-bond acceptors (Lipinski definition) is 2. The molecule has 1 heterocycles. The van der Waals surface area contributed by atoms with Crippen LogP contribution < -0.4 is 10.6 Å². The van der Waals surface area contributed by atoms with Crippen LogP contribution in [0.15, 0.2) is 0 Å². The maximum absolute atomic E-state index is 4.43. The summed E-state index contributed by atoms with van der Waals surface area (Å²) in [5, 5.41) is 7.65. The van der Waals surface area contributed by atoms with E-state index in [1.54, 1.807) is 0 Å². The largest absolute Gasteiger partial charge is 0.320 e. The zero-order valence-corrected chi connectivity index (χ0v) is 10.3. The third-order valence-corrected chi connectivity index (χ3v) is 3.14. The molecule has 1 aliphatic heterocycles. The molecule has 1 radical (unpaired) electrons. The molecule has 0 aromatic carbocycles. The molecule has 1 rings (SSSR count). The number of nitrogens with zero attached hydrogens (tertiary/aromatic N) is 2. The molecule has 0 aromatic rings. The fourth-order valence-electron chi connectivity index (χ4n) is 2.32. The van der Waals surface area contributed by atoms with Gasteiger partial charge in [0, 0.05) is 19.1 Å². The topological polar surface area (TPSA) is 29.4 Å². The molecular weight excluding hydrogens is 186 g/mol. The van der Waals surface area contributed by atoms with E-state index in [0.717, 1.165) is 25.7 Å². The van der Waals surface area contributed by atoms with E-state index in [1.807, 2.05) is 7.05 Å². The van der Waals surface area contributed by atoms with Crippen LogP contribution in [0.3, 0.4) is 0 Å². The summed E-state index contributed by atoms with van der Waals surface area (Å²) in [7, 11) is 2.03. The fraction of sp³-hybridized carbons (Fsp3) is 1.00. The van der Waals surface area contributed by atoms with E-state index in [0.29, 0.717) is 0 Å². The third kappa shape index (κ3) is 4.96. The second kappa shape index (κ2) is 8.08. The smallest absolute Gasteiger partial charge is 0.0148 e. The van der Waals surface area contributed by atoms with Gasteiger partial charge in [-0.2, -0.15) is 0 Å². The third-order valence-electron chi connectivity index (χ3n) is 3.14. The average Bonchev–Trinajstić information content (AvgIpc) is 2.29. The molecule has 0 unspecified atom stereocenters.